The van der Waals surface area contributed by atoms with Crippen molar-refractivity contribution >= 4 is 0 Å². The molecule has 0 saturated carbocycles. The third-order valence-corrected chi connectivity index (χ3v) is 3.80. The molecule has 0 amide bonds. The highest BCUT2D eigenvalue weighted by Gasteiger charge is 2.09. The summed E-state index contributed by atoms with van der Waals surface area (Å²) < 4.78 is 4.17. The van der Waals surface area contributed by atoms with Gasteiger partial charge in [0.15, 0.2) is 0 Å². The van der Waals surface area contributed by atoms with Crippen molar-refractivity contribution < 1.29 is 0 Å². The zero-order valence-corrected chi connectivity index (χ0v) is 11.9. The van der Waals surface area contributed by atoms with E-state index in [9.17, 15) is 0 Å². The quantitative estimate of drug-likeness (QED) is 0.847. The van der Waals surface area contributed by atoms with E-state index in [2.05, 4.69) is 39.2 Å². The van der Waals surface area contributed by atoms with E-state index in [1.54, 1.807) is 5.57 Å². The molecule has 3 heterocycles. The molecule has 0 radical (unpaired) electrons. The Bertz CT molecular complexity index is 593. The molecule has 0 fully saturated rings. The Morgan fingerprint density at radius 2 is 2.30 bits per heavy atom. The molecule has 2 aromatic rings. The normalized spacial score (nSPS) is 15.3. The van der Waals surface area contributed by atoms with Crippen LogP contribution in [-0.4, -0.2) is 32.4 Å². The molecule has 0 bridgehead atoms. The van der Waals surface area contributed by atoms with Gasteiger partial charge in [-0.25, -0.2) is 4.98 Å². The molecule has 20 heavy (non-hydrogen) atoms. The van der Waals surface area contributed by atoms with Gasteiger partial charge in [-0.1, -0.05) is 11.6 Å². The van der Waals surface area contributed by atoms with Crippen molar-refractivity contribution in [1.29, 1.82) is 0 Å². The molecule has 0 aliphatic carbocycles. The van der Waals surface area contributed by atoms with Crippen LogP contribution in [0.25, 0.3) is 11.3 Å². The molecule has 3 rings (SSSR count). The molecule has 5 heteroatoms. The largest absolute Gasteiger partial charge is 0.330 e. The van der Waals surface area contributed by atoms with Crippen LogP contribution in [0.2, 0.25) is 0 Å². The van der Waals surface area contributed by atoms with E-state index < -0.39 is 0 Å². The fourth-order valence-corrected chi connectivity index (χ4v) is 2.57. The topological polar surface area (TPSA) is 47.7 Å². The van der Waals surface area contributed by atoms with Gasteiger partial charge in [-0.15, -0.1) is 0 Å². The maximum atomic E-state index is 4.34. The molecule has 1 N–H and O–H groups in total. The summed E-state index contributed by atoms with van der Waals surface area (Å²) in [5.74, 6) is 0. The number of imidazole rings is 1. The highest BCUT2D eigenvalue weighted by molar-refractivity contribution is 5.56. The first-order valence-electron chi connectivity index (χ1n) is 7.28. The van der Waals surface area contributed by atoms with Crippen LogP contribution in [0.5, 0.6) is 0 Å². The van der Waals surface area contributed by atoms with Crippen molar-refractivity contribution in [3.8, 4) is 11.3 Å². The molecule has 0 spiro atoms. The van der Waals surface area contributed by atoms with Crippen molar-refractivity contribution in [1.82, 2.24) is 24.6 Å². The molecule has 0 atom stereocenters. The molecular weight excluding hydrogens is 250 g/mol. The maximum Gasteiger partial charge on any atom is 0.0951 e. The molecule has 2 aromatic heterocycles. The van der Waals surface area contributed by atoms with Crippen LogP contribution in [0.4, 0.5) is 0 Å². The van der Waals surface area contributed by atoms with Crippen LogP contribution >= 0.6 is 0 Å². The van der Waals surface area contributed by atoms with Gasteiger partial charge in [0.05, 0.1) is 24.4 Å². The summed E-state index contributed by atoms with van der Waals surface area (Å²) in [5.41, 5.74) is 3.84. The number of nitrogens with one attached hydrogen (secondary N) is 1. The summed E-state index contributed by atoms with van der Waals surface area (Å²) in [6.45, 7) is 6.09. The third kappa shape index (κ3) is 2.82. The van der Waals surface area contributed by atoms with Crippen LogP contribution < -0.4 is 5.32 Å². The average molecular weight is 271 g/mol. The Balaban J connectivity index is 1.71. The van der Waals surface area contributed by atoms with E-state index in [1.165, 1.54) is 0 Å². The minimum absolute atomic E-state index is 0.897. The fraction of sp³-hybridized carbons (Fsp3) is 0.467. The van der Waals surface area contributed by atoms with E-state index in [4.69, 9.17) is 0 Å². The Morgan fingerprint density at radius 3 is 3.05 bits per heavy atom. The molecule has 0 aromatic carbocycles. The molecule has 0 saturated heterocycles. The summed E-state index contributed by atoms with van der Waals surface area (Å²) in [5, 5.41) is 7.69. The number of rotatable bonds is 5. The second kappa shape index (κ2) is 6.05. The smallest absolute Gasteiger partial charge is 0.0951 e. The van der Waals surface area contributed by atoms with Crippen LogP contribution in [-0.2, 0) is 13.1 Å². The third-order valence-electron chi connectivity index (χ3n) is 3.80. The van der Waals surface area contributed by atoms with E-state index in [1.807, 2.05) is 23.4 Å². The number of hydrogen-bond donors (Lipinski definition) is 1. The predicted molar refractivity (Wildman–Crippen MR) is 79.3 cm³/mol. The minimum Gasteiger partial charge on any atom is -0.330 e. The zero-order valence-electron chi connectivity index (χ0n) is 11.9. The Labute approximate surface area is 119 Å². The van der Waals surface area contributed by atoms with Gasteiger partial charge in [-0.05, 0) is 26.3 Å². The van der Waals surface area contributed by atoms with E-state index in [0.717, 1.165) is 50.3 Å². The molecule has 0 unspecified atom stereocenters. The Morgan fingerprint density at radius 1 is 1.35 bits per heavy atom. The monoisotopic (exact) mass is 271 g/mol. The second-order valence-electron chi connectivity index (χ2n) is 5.12. The SMILES string of the molecule is CCn1cc(-c2cncn2CCC2=CCNCC2)cn1. The highest BCUT2D eigenvalue weighted by atomic mass is 15.3. The van der Waals surface area contributed by atoms with Crippen LogP contribution in [0, 0.1) is 0 Å². The van der Waals surface area contributed by atoms with Gasteiger partial charge in [-0.2, -0.15) is 5.10 Å². The van der Waals surface area contributed by atoms with E-state index >= 15 is 0 Å². The first kappa shape index (κ1) is 13.1. The van der Waals surface area contributed by atoms with Gasteiger partial charge in [0, 0.05) is 31.4 Å². The van der Waals surface area contributed by atoms with E-state index in [0.29, 0.717) is 0 Å². The summed E-state index contributed by atoms with van der Waals surface area (Å²) in [7, 11) is 0. The molecule has 1 aliphatic rings. The molecule has 5 nitrogen and oxygen atoms in total. The van der Waals surface area contributed by atoms with Gasteiger partial charge in [0.1, 0.15) is 0 Å². The molecular formula is C15H21N5. The summed E-state index contributed by atoms with van der Waals surface area (Å²) in [4.78, 5) is 4.29. The standard InChI is InChI=1S/C15H21N5/c1-2-20-11-14(9-18-20)15-10-17-12-19(15)8-5-13-3-6-16-7-4-13/h3,9-12,16H,2,4-8H2,1H3. The average Bonchev–Trinajstić information content (AvgIpc) is 3.14. The summed E-state index contributed by atoms with van der Waals surface area (Å²) in [6, 6.07) is 0. The van der Waals surface area contributed by atoms with E-state index in [-0.39, 0.29) is 0 Å². The Kier molecular flexibility index (Phi) is 3.97. The fourth-order valence-electron chi connectivity index (χ4n) is 2.57. The minimum atomic E-state index is 0.897. The lowest BCUT2D eigenvalue weighted by molar-refractivity contribution is 0.632. The maximum absolute atomic E-state index is 4.34. The first-order valence-corrected chi connectivity index (χ1v) is 7.28. The number of hydrogen-bond acceptors (Lipinski definition) is 3. The summed E-state index contributed by atoms with van der Waals surface area (Å²) >= 11 is 0. The van der Waals surface area contributed by atoms with Gasteiger partial charge >= 0.3 is 0 Å². The van der Waals surface area contributed by atoms with Crippen molar-refractivity contribution in [2.24, 2.45) is 0 Å². The van der Waals surface area contributed by atoms with Crippen molar-refractivity contribution in [2.45, 2.75) is 32.9 Å². The summed E-state index contributed by atoms with van der Waals surface area (Å²) in [6.07, 6.45) is 12.4. The van der Waals surface area contributed by atoms with Crippen LogP contribution in [0.1, 0.15) is 19.8 Å². The van der Waals surface area contributed by atoms with Gasteiger partial charge < -0.3 is 9.88 Å². The second-order valence-corrected chi connectivity index (χ2v) is 5.12. The van der Waals surface area contributed by atoms with Crippen LogP contribution in [0.3, 0.4) is 0 Å². The number of nitrogens with zero attached hydrogens (tertiary/aromatic N) is 4. The van der Waals surface area contributed by atoms with Gasteiger partial charge in [-0.3, -0.25) is 4.68 Å². The highest BCUT2D eigenvalue weighted by Crippen LogP contribution is 2.20. The van der Waals surface area contributed by atoms with Gasteiger partial charge in [0.25, 0.3) is 0 Å². The molecule has 106 valence electrons. The number of aromatic nitrogens is 4. The van der Waals surface area contributed by atoms with Crippen molar-refractivity contribution in [3.05, 3.63) is 36.6 Å². The molecule has 1 aliphatic heterocycles. The predicted octanol–water partition coefficient (Wildman–Crippen LogP) is 2.08. The van der Waals surface area contributed by atoms with Gasteiger partial charge in [0.2, 0.25) is 0 Å². The lowest BCUT2D eigenvalue weighted by Crippen LogP contribution is -2.21. The van der Waals surface area contributed by atoms with Crippen molar-refractivity contribution in [3.63, 3.8) is 0 Å². The number of aryl methyl sites for hydroxylation is 2. The van der Waals surface area contributed by atoms with Crippen molar-refractivity contribution in [2.75, 3.05) is 13.1 Å². The van der Waals surface area contributed by atoms with Crippen LogP contribution in [0.15, 0.2) is 36.6 Å². The lowest BCUT2D eigenvalue weighted by Gasteiger charge is -2.14. The zero-order chi connectivity index (χ0) is 13.8. The first-order chi connectivity index (χ1) is 9.86. The lowest BCUT2D eigenvalue weighted by atomic mass is 10.1. The Hall–Kier alpha value is -1.88.